The van der Waals surface area contributed by atoms with Crippen LogP contribution in [-0.2, 0) is 4.74 Å². The number of anilines is 1. The third-order valence-electron chi connectivity index (χ3n) is 2.99. The molecule has 0 N–H and O–H groups in total. The van der Waals surface area contributed by atoms with E-state index in [1.807, 2.05) is 7.05 Å². The standard InChI is InChI=1S/C12H16ClN3O3/c1-15(4-5-19-8-9-2-3-9)12-7-10(16(17)18)6-11(13)14-12/h6-7,9H,2-5,8H2,1H3. The fraction of sp³-hybridized carbons (Fsp3) is 0.583. The number of ether oxygens (including phenoxy) is 1. The van der Waals surface area contributed by atoms with Crippen molar-refractivity contribution >= 4 is 23.1 Å². The predicted octanol–water partition coefficient (Wildman–Crippen LogP) is 2.51. The highest BCUT2D eigenvalue weighted by atomic mass is 35.5. The Morgan fingerprint density at radius 1 is 1.58 bits per heavy atom. The smallest absolute Gasteiger partial charge is 0.276 e. The number of aromatic nitrogens is 1. The maximum absolute atomic E-state index is 10.7. The van der Waals surface area contributed by atoms with Gasteiger partial charge >= 0.3 is 0 Å². The van der Waals surface area contributed by atoms with Crippen molar-refractivity contribution in [3.63, 3.8) is 0 Å². The molecule has 0 spiro atoms. The zero-order valence-corrected chi connectivity index (χ0v) is 11.5. The fourth-order valence-electron chi connectivity index (χ4n) is 1.62. The molecule has 0 amide bonds. The van der Waals surface area contributed by atoms with Crippen molar-refractivity contribution in [3.05, 3.63) is 27.4 Å². The van der Waals surface area contributed by atoms with Gasteiger partial charge in [-0.05, 0) is 18.8 Å². The highest BCUT2D eigenvalue weighted by molar-refractivity contribution is 6.29. The minimum Gasteiger partial charge on any atom is -0.379 e. The van der Waals surface area contributed by atoms with Gasteiger partial charge in [-0.25, -0.2) is 4.98 Å². The molecule has 19 heavy (non-hydrogen) atoms. The lowest BCUT2D eigenvalue weighted by molar-refractivity contribution is -0.384. The summed E-state index contributed by atoms with van der Waals surface area (Å²) in [6.07, 6.45) is 2.52. The van der Waals surface area contributed by atoms with Crippen molar-refractivity contribution in [2.45, 2.75) is 12.8 Å². The molecule has 0 saturated heterocycles. The van der Waals surface area contributed by atoms with Crippen LogP contribution in [0.25, 0.3) is 0 Å². The van der Waals surface area contributed by atoms with Gasteiger partial charge in [-0.2, -0.15) is 0 Å². The van der Waals surface area contributed by atoms with Gasteiger partial charge in [-0.15, -0.1) is 0 Å². The second-order valence-electron chi connectivity index (χ2n) is 4.70. The van der Waals surface area contributed by atoms with Crippen LogP contribution in [0.1, 0.15) is 12.8 Å². The third-order valence-corrected chi connectivity index (χ3v) is 3.18. The van der Waals surface area contributed by atoms with E-state index in [9.17, 15) is 10.1 Å². The van der Waals surface area contributed by atoms with Crippen LogP contribution in [0.4, 0.5) is 11.5 Å². The maximum Gasteiger partial charge on any atom is 0.276 e. The fourth-order valence-corrected chi connectivity index (χ4v) is 1.82. The number of hydrogen-bond donors (Lipinski definition) is 0. The molecule has 0 unspecified atom stereocenters. The normalized spacial score (nSPS) is 14.4. The van der Waals surface area contributed by atoms with Gasteiger partial charge in [0.15, 0.2) is 0 Å². The number of likely N-dealkylation sites (N-methyl/N-ethyl adjacent to an activating group) is 1. The lowest BCUT2D eigenvalue weighted by atomic mass is 10.4. The van der Waals surface area contributed by atoms with Crippen molar-refractivity contribution in [1.29, 1.82) is 0 Å². The molecule has 6 nitrogen and oxygen atoms in total. The first-order valence-electron chi connectivity index (χ1n) is 6.17. The summed E-state index contributed by atoms with van der Waals surface area (Å²) in [5, 5.41) is 10.9. The summed E-state index contributed by atoms with van der Waals surface area (Å²) in [5.74, 6) is 1.21. The largest absolute Gasteiger partial charge is 0.379 e. The molecule has 0 atom stereocenters. The zero-order chi connectivity index (χ0) is 13.8. The number of nitrogens with zero attached hydrogens (tertiary/aromatic N) is 3. The van der Waals surface area contributed by atoms with Gasteiger partial charge in [-0.1, -0.05) is 11.6 Å². The molecule has 1 aromatic heterocycles. The van der Waals surface area contributed by atoms with E-state index in [1.165, 1.54) is 25.0 Å². The second-order valence-corrected chi connectivity index (χ2v) is 5.09. The van der Waals surface area contributed by atoms with Crippen LogP contribution >= 0.6 is 11.6 Å². The molecule has 1 saturated carbocycles. The van der Waals surface area contributed by atoms with Gasteiger partial charge in [-0.3, -0.25) is 10.1 Å². The van der Waals surface area contributed by atoms with Crippen molar-refractivity contribution in [1.82, 2.24) is 4.98 Å². The number of rotatable bonds is 7. The molecule has 1 heterocycles. The van der Waals surface area contributed by atoms with Gasteiger partial charge in [0.25, 0.3) is 5.69 Å². The Kier molecular flexibility index (Phi) is 4.55. The summed E-state index contributed by atoms with van der Waals surface area (Å²) in [5.41, 5.74) is -0.0549. The van der Waals surface area contributed by atoms with Gasteiger partial charge in [0.05, 0.1) is 23.7 Å². The molecule has 104 valence electrons. The SMILES string of the molecule is CN(CCOCC1CC1)c1cc([N+](=O)[O-])cc(Cl)n1. The highest BCUT2D eigenvalue weighted by Gasteiger charge is 2.21. The quantitative estimate of drug-likeness (QED) is 0.333. The van der Waals surface area contributed by atoms with Crippen LogP contribution in [0, 0.1) is 16.0 Å². The molecule has 1 aliphatic carbocycles. The number of nitro groups is 1. The van der Waals surface area contributed by atoms with Crippen LogP contribution in [-0.4, -0.2) is 36.7 Å². The van der Waals surface area contributed by atoms with Gasteiger partial charge in [0.1, 0.15) is 11.0 Å². The monoisotopic (exact) mass is 285 g/mol. The van der Waals surface area contributed by atoms with E-state index in [-0.39, 0.29) is 10.8 Å². The average Bonchev–Trinajstić information content (AvgIpc) is 3.17. The molecule has 0 bridgehead atoms. The van der Waals surface area contributed by atoms with E-state index in [2.05, 4.69) is 4.98 Å². The predicted molar refractivity (Wildman–Crippen MR) is 72.7 cm³/mol. The highest BCUT2D eigenvalue weighted by Crippen LogP contribution is 2.28. The second kappa shape index (κ2) is 6.16. The third kappa shape index (κ3) is 4.33. The van der Waals surface area contributed by atoms with E-state index in [4.69, 9.17) is 16.3 Å². The number of halogens is 1. The van der Waals surface area contributed by atoms with Crippen LogP contribution in [0.5, 0.6) is 0 Å². The minimum atomic E-state index is -0.478. The zero-order valence-electron chi connectivity index (χ0n) is 10.7. The minimum absolute atomic E-state index is 0.0549. The van der Waals surface area contributed by atoms with Crippen molar-refractivity contribution < 1.29 is 9.66 Å². The van der Waals surface area contributed by atoms with Crippen LogP contribution in [0.2, 0.25) is 5.15 Å². The summed E-state index contributed by atoms with van der Waals surface area (Å²) in [6.45, 7) is 2.00. The Labute approximate surface area is 116 Å². The molecule has 1 aliphatic rings. The maximum atomic E-state index is 10.7. The van der Waals surface area contributed by atoms with E-state index >= 15 is 0 Å². The first kappa shape index (κ1) is 14.0. The molecular weight excluding hydrogens is 270 g/mol. The Morgan fingerprint density at radius 3 is 2.95 bits per heavy atom. The average molecular weight is 286 g/mol. The van der Waals surface area contributed by atoms with E-state index in [0.717, 1.165) is 12.5 Å². The molecule has 1 fully saturated rings. The summed E-state index contributed by atoms with van der Waals surface area (Å²) >= 11 is 5.78. The van der Waals surface area contributed by atoms with Crippen molar-refractivity contribution in [2.75, 3.05) is 31.7 Å². The molecule has 0 radical (unpaired) electrons. The summed E-state index contributed by atoms with van der Waals surface area (Å²) in [7, 11) is 1.81. The Bertz CT molecular complexity index is 466. The Balaban J connectivity index is 1.89. The molecule has 0 aromatic carbocycles. The van der Waals surface area contributed by atoms with Gasteiger partial charge < -0.3 is 9.64 Å². The van der Waals surface area contributed by atoms with Crippen LogP contribution in [0.15, 0.2) is 12.1 Å². The van der Waals surface area contributed by atoms with Crippen molar-refractivity contribution in [2.24, 2.45) is 5.92 Å². The van der Waals surface area contributed by atoms with Gasteiger partial charge in [0, 0.05) is 20.2 Å². The van der Waals surface area contributed by atoms with E-state index in [1.54, 1.807) is 4.90 Å². The van der Waals surface area contributed by atoms with Crippen LogP contribution in [0.3, 0.4) is 0 Å². The van der Waals surface area contributed by atoms with Crippen molar-refractivity contribution in [3.8, 4) is 0 Å². The lowest BCUT2D eigenvalue weighted by Gasteiger charge is -2.18. The summed E-state index contributed by atoms with van der Waals surface area (Å²) in [4.78, 5) is 16.1. The summed E-state index contributed by atoms with van der Waals surface area (Å²) < 4.78 is 5.52. The number of hydrogen-bond acceptors (Lipinski definition) is 5. The molecule has 1 aromatic rings. The lowest BCUT2D eigenvalue weighted by Crippen LogP contribution is -2.24. The molecule has 7 heteroatoms. The number of pyridine rings is 1. The van der Waals surface area contributed by atoms with E-state index in [0.29, 0.717) is 19.0 Å². The topological polar surface area (TPSA) is 68.5 Å². The molecule has 2 rings (SSSR count). The Hall–Kier alpha value is -1.40. The Morgan fingerprint density at radius 2 is 2.32 bits per heavy atom. The van der Waals surface area contributed by atoms with E-state index < -0.39 is 4.92 Å². The first-order valence-corrected chi connectivity index (χ1v) is 6.55. The van der Waals surface area contributed by atoms with Crippen LogP contribution < -0.4 is 4.90 Å². The summed E-state index contributed by atoms with van der Waals surface area (Å²) in [6, 6.07) is 2.65. The molecular formula is C12H16ClN3O3. The molecule has 0 aliphatic heterocycles. The van der Waals surface area contributed by atoms with Gasteiger partial charge in [0.2, 0.25) is 0 Å². The first-order chi connectivity index (χ1) is 9.06.